The molecule has 0 saturated heterocycles. The highest BCUT2D eigenvalue weighted by molar-refractivity contribution is 7.99. The summed E-state index contributed by atoms with van der Waals surface area (Å²) in [5, 5.41) is 17.0. The van der Waals surface area contributed by atoms with E-state index >= 15 is 0 Å². The zero-order valence-electron chi connectivity index (χ0n) is 15.7. The summed E-state index contributed by atoms with van der Waals surface area (Å²) >= 11 is 4.92. The van der Waals surface area contributed by atoms with Gasteiger partial charge in [-0.15, -0.1) is 32.9 Å². The van der Waals surface area contributed by atoms with Crippen LogP contribution in [0, 0.1) is 0 Å². The predicted octanol–water partition coefficient (Wildman–Crippen LogP) is 4.91. The first kappa shape index (κ1) is 19.7. The van der Waals surface area contributed by atoms with Crippen LogP contribution in [0.4, 0.5) is 0 Å². The van der Waals surface area contributed by atoms with E-state index < -0.39 is 0 Å². The highest BCUT2D eigenvalue weighted by Crippen LogP contribution is 2.33. The summed E-state index contributed by atoms with van der Waals surface area (Å²) in [5.41, 5.74) is 0. The first-order valence-electron chi connectivity index (χ1n) is 9.67. The summed E-state index contributed by atoms with van der Waals surface area (Å²) < 4.78 is 2.32. The van der Waals surface area contributed by atoms with Crippen LogP contribution in [0.15, 0.2) is 40.2 Å². The van der Waals surface area contributed by atoms with Crippen molar-refractivity contribution >= 4 is 40.3 Å². The van der Waals surface area contributed by atoms with Crippen LogP contribution < -0.4 is 5.32 Å². The lowest BCUT2D eigenvalue weighted by Crippen LogP contribution is -2.24. The van der Waals surface area contributed by atoms with Gasteiger partial charge in [0.05, 0.1) is 12.3 Å². The van der Waals surface area contributed by atoms with Crippen molar-refractivity contribution in [3.8, 4) is 0 Å². The number of thiophene rings is 2. The molecule has 0 atom stereocenters. The summed E-state index contributed by atoms with van der Waals surface area (Å²) in [6.07, 6.45) is 6.99. The Balaban J connectivity index is 1.43. The van der Waals surface area contributed by atoms with Crippen LogP contribution in [-0.4, -0.2) is 26.4 Å². The molecule has 3 heterocycles. The number of nitrogens with zero attached hydrogens (tertiary/aromatic N) is 3. The molecule has 28 heavy (non-hydrogen) atoms. The molecule has 0 aliphatic heterocycles. The number of thioether (sulfide) groups is 1. The fraction of sp³-hybridized carbons (Fsp3) is 0.450. The molecule has 3 aromatic heterocycles. The molecule has 4 rings (SSSR count). The van der Waals surface area contributed by atoms with E-state index in [9.17, 15) is 4.79 Å². The standard InChI is InChI=1S/C20H24N4OS3/c25-19(21-13-17-9-5-11-27-17)14-28-20-23-22-18(12-16-8-4-10-26-16)24(20)15-6-2-1-3-7-15/h4-5,8-11,15H,1-3,6-7,12-14H2,(H,21,25). The molecule has 1 aliphatic rings. The van der Waals surface area contributed by atoms with E-state index in [1.807, 2.05) is 17.5 Å². The maximum absolute atomic E-state index is 12.3. The smallest absolute Gasteiger partial charge is 0.230 e. The van der Waals surface area contributed by atoms with Gasteiger partial charge in [-0.1, -0.05) is 43.2 Å². The van der Waals surface area contributed by atoms with Crippen molar-refractivity contribution in [2.24, 2.45) is 0 Å². The van der Waals surface area contributed by atoms with Crippen LogP contribution in [0.1, 0.15) is 53.7 Å². The number of hydrogen-bond acceptors (Lipinski definition) is 6. The Labute approximate surface area is 177 Å². The van der Waals surface area contributed by atoms with Crippen LogP contribution in [0.25, 0.3) is 0 Å². The first-order valence-corrected chi connectivity index (χ1v) is 12.4. The lowest BCUT2D eigenvalue weighted by atomic mass is 9.95. The van der Waals surface area contributed by atoms with Crippen LogP contribution in [0.2, 0.25) is 0 Å². The molecule has 0 aromatic carbocycles. The Bertz CT molecular complexity index is 868. The van der Waals surface area contributed by atoms with E-state index in [0.29, 0.717) is 18.3 Å². The van der Waals surface area contributed by atoms with E-state index in [1.165, 1.54) is 53.6 Å². The quantitative estimate of drug-likeness (QED) is 0.514. The number of carbonyl (C=O) groups excluding carboxylic acids is 1. The van der Waals surface area contributed by atoms with Gasteiger partial charge in [-0.25, -0.2) is 0 Å². The van der Waals surface area contributed by atoms with Gasteiger partial charge in [0.15, 0.2) is 5.16 Å². The van der Waals surface area contributed by atoms with Gasteiger partial charge in [-0.3, -0.25) is 4.79 Å². The molecular weight excluding hydrogens is 408 g/mol. The summed E-state index contributed by atoms with van der Waals surface area (Å²) in [6, 6.07) is 8.72. The molecule has 0 bridgehead atoms. The van der Waals surface area contributed by atoms with Crippen molar-refractivity contribution in [2.45, 2.75) is 56.3 Å². The molecular formula is C20H24N4OS3. The lowest BCUT2D eigenvalue weighted by Gasteiger charge is -2.25. The Morgan fingerprint density at radius 3 is 2.57 bits per heavy atom. The van der Waals surface area contributed by atoms with Gasteiger partial charge in [-0.05, 0) is 35.7 Å². The second kappa shape index (κ2) is 9.71. The lowest BCUT2D eigenvalue weighted by molar-refractivity contribution is -0.118. The fourth-order valence-electron chi connectivity index (χ4n) is 3.58. The molecule has 5 nitrogen and oxygen atoms in total. The summed E-state index contributed by atoms with van der Waals surface area (Å²) in [7, 11) is 0. The molecule has 1 amide bonds. The van der Waals surface area contributed by atoms with Gasteiger partial charge >= 0.3 is 0 Å². The molecule has 3 aromatic rings. The van der Waals surface area contributed by atoms with Crippen LogP contribution in [0.3, 0.4) is 0 Å². The third-order valence-corrected chi connectivity index (χ3v) is 7.66. The van der Waals surface area contributed by atoms with Crippen molar-refractivity contribution in [2.75, 3.05) is 5.75 Å². The zero-order chi connectivity index (χ0) is 19.2. The largest absolute Gasteiger partial charge is 0.350 e. The molecule has 1 saturated carbocycles. The molecule has 1 aliphatic carbocycles. The molecule has 0 spiro atoms. The summed E-state index contributed by atoms with van der Waals surface area (Å²) in [5.74, 6) is 1.43. The second-order valence-corrected chi connectivity index (χ2v) is 9.97. The Hall–Kier alpha value is -1.64. The molecule has 1 fully saturated rings. The molecule has 8 heteroatoms. The maximum atomic E-state index is 12.3. The third-order valence-electron chi connectivity index (χ3n) is 4.96. The highest BCUT2D eigenvalue weighted by atomic mass is 32.2. The average molecular weight is 433 g/mol. The van der Waals surface area contributed by atoms with Gasteiger partial charge in [0.2, 0.25) is 5.91 Å². The first-order chi connectivity index (χ1) is 13.8. The van der Waals surface area contributed by atoms with E-state index in [4.69, 9.17) is 0 Å². The topological polar surface area (TPSA) is 59.8 Å². The summed E-state index contributed by atoms with van der Waals surface area (Å²) in [6.45, 7) is 0.593. The minimum atomic E-state index is 0.0383. The number of amides is 1. The van der Waals surface area contributed by atoms with Crippen molar-refractivity contribution < 1.29 is 4.79 Å². The van der Waals surface area contributed by atoms with Crippen LogP contribution in [-0.2, 0) is 17.8 Å². The van der Waals surface area contributed by atoms with E-state index in [-0.39, 0.29) is 5.91 Å². The predicted molar refractivity (Wildman–Crippen MR) is 116 cm³/mol. The normalized spacial score (nSPS) is 15.0. The van der Waals surface area contributed by atoms with Crippen molar-refractivity contribution in [1.29, 1.82) is 0 Å². The van der Waals surface area contributed by atoms with E-state index in [2.05, 4.69) is 37.6 Å². The Morgan fingerprint density at radius 1 is 1.11 bits per heavy atom. The van der Waals surface area contributed by atoms with Gasteiger partial charge in [0.1, 0.15) is 5.82 Å². The molecule has 1 N–H and O–H groups in total. The average Bonchev–Trinajstić information content (AvgIpc) is 3.48. The number of aromatic nitrogens is 3. The van der Waals surface area contributed by atoms with Gasteiger partial charge < -0.3 is 9.88 Å². The highest BCUT2D eigenvalue weighted by Gasteiger charge is 2.23. The number of hydrogen-bond donors (Lipinski definition) is 1. The molecule has 148 valence electrons. The van der Waals surface area contributed by atoms with Gasteiger partial charge in [0, 0.05) is 22.2 Å². The number of carbonyl (C=O) groups is 1. The minimum absolute atomic E-state index is 0.0383. The van der Waals surface area contributed by atoms with Crippen molar-refractivity contribution in [1.82, 2.24) is 20.1 Å². The molecule has 0 unspecified atom stereocenters. The fourth-order valence-corrected chi connectivity index (χ4v) is 5.78. The third kappa shape index (κ3) is 5.04. The zero-order valence-corrected chi connectivity index (χ0v) is 18.1. The number of rotatable bonds is 8. The van der Waals surface area contributed by atoms with E-state index in [1.54, 1.807) is 22.7 Å². The van der Waals surface area contributed by atoms with Crippen LogP contribution in [0.5, 0.6) is 0 Å². The van der Waals surface area contributed by atoms with E-state index in [0.717, 1.165) is 17.4 Å². The minimum Gasteiger partial charge on any atom is -0.350 e. The maximum Gasteiger partial charge on any atom is 0.230 e. The molecule has 0 radical (unpaired) electrons. The SMILES string of the molecule is O=C(CSc1nnc(Cc2cccs2)n1C1CCCCC1)NCc1cccs1. The van der Waals surface area contributed by atoms with Gasteiger partial charge in [-0.2, -0.15) is 0 Å². The Morgan fingerprint density at radius 2 is 1.86 bits per heavy atom. The monoisotopic (exact) mass is 432 g/mol. The summed E-state index contributed by atoms with van der Waals surface area (Å²) in [4.78, 5) is 14.7. The van der Waals surface area contributed by atoms with Gasteiger partial charge in [0.25, 0.3) is 0 Å². The second-order valence-electron chi connectivity index (χ2n) is 6.96. The number of nitrogens with one attached hydrogen (secondary N) is 1. The van der Waals surface area contributed by atoms with Crippen LogP contribution >= 0.6 is 34.4 Å². The van der Waals surface area contributed by atoms with Crippen molar-refractivity contribution in [3.63, 3.8) is 0 Å². The Kier molecular flexibility index (Phi) is 6.82. The van der Waals surface area contributed by atoms with Crippen molar-refractivity contribution in [3.05, 3.63) is 50.6 Å².